The van der Waals surface area contributed by atoms with Gasteiger partial charge in [0.15, 0.2) is 0 Å². The maximum atomic E-state index is 12.2. The molecule has 0 aromatic carbocycles. The van der Waals surface area contributed by atoms with Gasteiger partial charge in [0.2, 0.25) is 0 Å². The summed E-state index contributed by atoms with van der Waals surface area (Å²) in [6.45, 7) is 11.1. The van der Waals surface area contributed by atoms with Crippen molar-refractivity contribution in [3.05, 3.63) is 10.8 Å². The molecule has 0 spiro atoms. The minimum atomic E-state index is -3.10. The fourth-order valence-electron chi connectivity index (χ4n) is 2.80. The minimum absolute atomic E-state index is 0.450. The molecule has 0 amide bonds. The first-order valence-electron chi connectivity index (χ1n) is 9.55. The molecule has 0 aliphatic carbocycles. The molecule has 0 fully saturated rings. The van der Waals surface area contributed by atoms with E-state index in [0.29, 0.717) is 37.0 Å². The van der Waals surface area contributed by atoms with Gasteiger partial charge in [-0.3, -0.25) is 0 Å². The average Bonchev–Trinajstić information content (AvgIpc) is 2.60. The SMILES string of the molecule is CCCCCCCCC(C(=O)ON)=C(C)[Si](OCC)(OCC)OCC. The van der Waals surface area contributed by atoms with Crippen molar-refractivity contribution < 1.29 is 22.9 Å². The third-order valence-corrected chi connectivity index (χ3v) is 7.28. The lowest BCUT2D eigenvalue weighted by Gasteiger charge is -2.30. The van der Waals surface area contributed by atoms with Gasteiger partial charge in [0.25, 0.3) is 0 Å². The predicted octanol–water partition coefficient (Wildman–Crippen LogP) is 4.06. The van der Waals surface area contributed by atoms with Crippen molar-refractivity contribution in [1.29, 1.82) is 0 Å². The van der Waals surface area contributed by atoms with Crippen LogP contribution < -0.4 is 5.90 Å². The second kappa shape index (κ2) is 14.4. The van der Waals surface area contributed by atoms with Crippen LogP contribution in [0.5, 0.6) is 0 Å². The van der Waals surface area contributed by atoms with E-state index in [9.17, 15) is 4.79 Å². The molecule has 0 saturated carbocycles. The number of carbonyl (C=O) groups excluding carboxylic acids is 1. The molecular weight excluding hydrogens is 338 g/mol. The molecule has 7 heteroatoms. The first-order chi connectivity index (χ1) is 12.0. The quantitative estimate of drug-likeness (QED) is 0.201. The Hall–Kier alpha value is -0.733. The van der Waals surface area contributed by atoms with E-state index in [2.05, 4.69) is 11.8 Å². The number of hydrogen-bond acceptors (Lipinski definition) is 6. The molecule has 0 saturated heterocycles. The Morgan fingerprint density at radius 3 is 1.76 bits per heavy atom. The highest BCUT2D eigenvalue weighted by Crippen LogP contribution is 2.26. The molecule has 0 aromatic rings. The summed E-state index contributed by atoms with van der Waals surface area (Å²) in [6, 6.07) is 0. The number of hydrogen-bond donors (Lipinski definition) is 1. The number of allylic oxidation sites excluding steroid dienone is 1. The Morgan fingerprint density at radius 2 is 1.32 bits per heavy atom. The number of nitrogens with two attached hydrogens (primary N) is 1. The smallest absolute Gasteiger partial charge is 0.370 e. The molecule has 148 valence electrons. The number of rotatable bonds is 15. The van der Waals surface area contributed by atoms with Crippen LogP contribution in [0, 0.1) is 0 Å². The van der Waals surface area contributed by atoms with Gasteiger partial charge in [-0.1, -0.05) is 39.0 Å². The Balaban J connectivity index is 5.32. The predicted molar refractivity (Wildman–Crippen MR) is 102 cm³/mol. The Morgan fingerprint density at radius 1 is 0.840 bits per heavy atom. The molecule has 0 aromatic heterocycles. The van der Waals surface area contributed by atoms with E-state index in [1.807, 2.05) is 27.7 Å². The minimum Gasteiger partial charge on any atom is -0.370 e. The monoisotopic (exact) mass is 375 g/mol. The standard InChI is InChI=1S/C18H37NO5Si/c1-6-10-11-12-13-14-15-17(18(20)24-19)16(5)25(21-7-2,22-8-3)23-9-4/h6-15,19H2,1-5H3. The second-order valence-corrected chi connectivity index (χ2v) is 8.61. The van der Waals surface area contributed by atoms with Gasteiger partial charge in [-0.05, 0) is 40.5 Å². The van der Waals surface area contributed by atoms with E-state index in [0.717, 1.165) is 12.8 Å². The van der Waals surface area contributed by atoms with Crippen molar-refractivity contribution in [2.45, 2.75) is 79.6 Å². The van der Waals surface area contributed by atoms with Crippen LogP contribution in [0.1, 0.15) is 79.6 Å². The van der Waals surface area contributed by atoms with Crippen LogP contribution in [0.3, 0.4) is 0 Å². The third kappa shape index (κ3) is 8.46. The lowest BCUT2D eigenvalue weighted by Crippen LogP contribution is -2.48. The van der Waals surface area contributed by atoms with Crippen molar-refractivity contribution in [2.24, 2.45) is 5.90 Å². The highest BCUT2D eigenvalue weighted by molar-refractivity contribution is 6.69. The van der Waals surface area contributed by atoms with E-state index >= 15 is 0 Å². The summed E-state index contributed by atoms with van der Waals surface area (Å²) >= 11 is 0. The summed E-state index contributed by atoms with van der Waals surface area (Å²) in [5.74, 6) is 4.63. The summed E-state index contributed by atoms with van der Waals surface area (Å²) in [5, 5.41) is 0.710. The maximum absolute atomic E-state index is 12.2. The third-order valence-electron chi connectivity index (χ3n) is 4.05. The van der Waals surface area contributed by atoms with Gasteiger partial charge in [-0.15, -0.1) is 0 Å². The molecular formula is C18H37NO5Si. The van der Waals surface area contributed by atoms with Crippen molar-refractivity contribution in [3.8, 4) is 0 Å². The maximum Gasteiger partial charge on any atom is 0.533 e. The molecule has 0 aliphatic rings. The normalized spacial score (nSPS) is 12.9. The van der Waals surface area contributed by atoms with Crippen molar-refractivity contribution >= 4 is 14.8 Å². The first kappa shape index (κ1) is 24.3. The number of carbonyl (C=O) groups is 1. The molecule has 2 N–H and O–H groups in total. The zero-order valence-corrected chi connectivity index (χ0v) is 17.7. The van der Waals surface area contributed by atoms with E-state index in [4.69, 9.17) is 19.2 Å². The zero-order valence-electron chi connectivity index (χ0n) is 16.7. The largest absolute Gasteiger partial charge is 0.533 e. The topological polar surface area (TPSA) is 80.0 Å². The summed E-state index contributed by atoms with van der Waals surface area (Å²) < 4.78 is 17.7. The van der Waals surface area contributed by atoms with Crippen LogP contribution in [-0.2, 0) is 22.9 Å². The van der Waals surface area contributed by atoms with Gasteiger partial charge < -0.3 is 18.1 Å². The van der Waals surface area contributed by atoms with Crippen molar-refractivity contribution in [1.82, 2.24) is 0 Å². The second-order valence-electron chi connectivity index (χ2n) is 5.88. The summed E-state index contributed by atoms with van der Waals surface area (Å²) in [6.07, 6.45) is 7.43. The summed E-state index contributed by atoms with van der Waals surface area (Å²) in [5.41, 5.74) is 0.528. The molecule has 0 radical (unpaired) electrons. The fraction of sp³-hybridized carbons (Fsp3) is 0.833. The zero-order chi connectivity index (χ0) is 19.1. The molecule has 6 nitrogen and oxygen atoms in total. The number of unbranched alkanes of at least 4 members (excludes halogenated alkanes) is 5. The van der Waals surface area contributed by atoms with Gasteiger partial charge in [0.05, 0.1) is 0 Å². The highest BCUT2D eigenvalue weighted by atomic mass is 28.4. The van der Waals surface area contributed by atoms with E-state index < -0.39 is 14.8 Å². The van der Waals surface area contributed by atoms with Gasteiger partial charge in [-0.25, -0.2) is 4.79 Å². The molecule has 0 heterocycles. The molecule has 0 bridgehead atoms. The van der Waals surface area contributed by atoms with Gasteiger partial charge >= 0.3 is 14.8 Å². The Labute approximate surface area is 154 Å². The van der Waals surface area contributed by atoms with E-state index in [1.165, 1.54) is 25.7 Å². The lowest BCUT2D eigenvalue weighted by atomic mass is 10.0. The summed E-state index contributed by atoms with van der Waals surface area (Å²) in [4.78, 5) is 16.7. The van der Waals surface area contributed by atoms with Crippen LogP contribution in [0.4, 0.5) is 0 Å². The highest BCUT2D eigenvalue weighted by Gasteiger charge is 2.45. The van der Waals surface area contributed by atoms with Gasteiger partial charge in [-0.2, -0.15) is 5.90 Å². The Bertz CT molecular complexity index is 384. The van der Waals surface area contributed by atoms with Crippen molar-refractivity contribution in [3.63, 3.8) is 0 Å². The molecule has 0 rings (SSSR count). The van der Waals surface area contributed by atoms with E-state index in [1.54, 1.807) is 0 Å². The van der Waals surface area contributed by atoms with Gasteiger partial charge in [0, 0.05) is 30.6 Å². The summed E-state index contributed by atoms with van der Waals surface area (Å²) in [7, 11) is -3.10. The van der Waals surface area contributed by atoms with Gasteiger partial charge in [0.1, 0.15) is 0 Å². The van der Waals surface area contributed by atoms with Crippen LogP contribution in [0.25, 0.3) is 0 Å². The average molecular weight is 376 g/mol. The van der Waals surface area contributed by atoms with E-state index in [-0.39, 0.29) is 0 Å². The lowest BCUT2D eigenvalue weighted by molar-refractivity contribution is -0.139. The molecule has 0 aliphatic heterocycles. The molecule has 25 heavy (non-hydrogen) atoms. The van der Waals surface area contributed by atoms with Crippen LogP contribution in [0.2, 0.25) is 0 Å². The van der Waals surface area contributed by atoms with Crippen LogP contribution in [-0.4, -0.2) is 34.6 Å². The Kier molecular flexibility index (Phi) is 14.0. The van der Waals surface area contributed by atoms with Crippen LogP contribution >= 0.6 is 0 Å². The van der Waals surface area contributed by atoms with Crippen molar-refractivity contribution in [2.75, 3.05) is 19.8 Å². The molecule has 0 unspecified atom stereocenters. The fourth-order valence-corrected chi connectivity index (χ4v) is 5.44. The first-order valence-corrected chi connectivity index (χ1v) is 11.3. The van der Waals surface area contributed by atoms with Crippen LogP contribution in [0.15, 0.2) is 10.8 Å². The molecule has 0 atom stereocenters.